The van der Waals surface area contributed by atoms with Crippen LogP contribution in [0.15, 0.2) is 18.2 Å². The number of carbonyl (C=O) groups excluding carboxylic acids is 3. The van der Waals surface area contributed by atoms with Crippen molar-refractivity contribution in [2.24, 2.45) is 0 Å². The van der Waals surface area contributed by atoms with Crippen LogP contribution in [-0.4, -0.2) is 37.2 Å². The summed E-state index contributed by atoms with van der Waals surface area (Å²) in [6.45, 7) is 3.35. The number of hydrogen-bond donors (Lipinski definition) is 2. The van der Waals surface area contributed by atoms with Crippen LogP contribution in [0.3, 0.4) is 0 Å². The van der Waals surface area contributed by atoms with E-state index in [1.54, 1.807) is 6.07 Å². The zero-order valence-electron chi connectivity index (χ0n) is 16.2. The molecule has 2 rings (SSSR count). The van der Waals surface area contributed by atoms with Crippen LogP contribution in [0.4, 0.5) is 4.79 Å². The third-order valence-electron chi connectivity index (χ3n) is 4.63. The van der Waals surface area contributed by atoms with Crippen LogP contribution >= 0.6 is 0 Å². The van der Waals surface area contributed by atoms with Crippen molar-refractivity contribution in [2.75, 3.05) is 7.11 Å². The number of imide groups is 1. The molecule has 27 heavy (non-hydrogen) atoms. The number of nitrogens with one attached hydrogen (secondary N) is 2. The van der Waals surface area contributed by atoms with Gasteiger partial charge in [-0.15, -0.1) is 0 Å². The number of methoxy groups -OCH3 is 1. The first-order valence-electron chi connectivity index (χ1n) is 9.33. The molecule has 0 heterocycles. The molecule has 2 N–H and O–H groups in total. The van der Waals surface area contributed by atoms with E-state index in [-0.39, 0.29) is 12.5 Å². The molecule has 0 bridgehead atoms. The van der Waals surface area contributed by atoms with Crippen LogP contribution in [0.25, 0.3) is 0 Å². The highest BCUT2D eigenvalue weighted by Gasteiger charge is 2.22. The number of rotatable bonds is 6. The van der Waals surface area contributed by atoms with E-state index < -0.39 is 24.0 Å². The van der Waals surface area contributed by atoms with Crippen LogP contribution in [0.1, 0.15) is 50.2 Å². The third-order valence-corrected chi connectivity index (χ3v) is 4.63. The molecule has 1 aliphatic rings. The van der Waals surface area contributed by atoms with Crippen molar-refractivity contribution >= 4 is 17.9 Å². The van der Waals surface area contributed by atoms with Crippen molar-refractivity contribution in [2.45, 2.75) is 64.5 Å². The summed E-state index contributed by atoms with van der Waals surface area (Å²) in [5.41, 5.74) is 1.67. The van der Waals surface area contributed by atoms with Gasteiger partial charge in [-0.3, -0.25) is 14.9 Å². The summed E-state index contributed by atoms with van der Waals surface area (Å²) < 4.78 is 10.4. The SMILES string of the molecule is COc1ccc(C)cc1CC(=O)O[C@@H](C)C(=O)NC(=O)NC1CCCCC1. The van der Waals surface area contributed by atoms with Gasteiger partial charge in [0, 0.05) is 11.6 Å². The minimum absolute atomic E-state index is 0.0171. The lowest BCUT2D eigenvalue weighted by molar-refractivity contribution is -0.153. The number of aryl methyl sites for hydroxylation is 1. The Hall–Kier alpha value is -2.57. The molecular weight excluding hydrogens is 348 g/mol. The average molecular weight is 376 g/mol. The molecule has 1 aromatic rings. The van der Waals surface area contributed by atoms with Gasteiger partial charge >= 0.3 is 12.0 Å². The van der Waals surface area contributed by atoms with Gasteiger partial charge < -0.3 is 14.8 Å². The smallest absolute Gasteiger partial charge is 0.321 e. The minimum atomic E-state index is -1.06. The minimum Gasteiger partial charge on any atom is -0.496 e. The first-order valence-corrected chi connectivity index (χ1v) is 9.33. The van der Waals surface area contributed by atoms with Crippen molar-refractivity contribution in [1.29, 1.82) is 0 Å². The Bertz CT molecular complexity index is 683. The topological polar surface area (TPSA) is 93.7 Å². The predicted octanol–water partition coefficient (Wildman–Crippen LogP) is 2.64. The van der Waals surface area contributed by atoms with Crippen molar-refractivity contribution in [3.05, 3.63) is 29.3 Å². The largest absolute Gasteiger partial charge is 0.496 e. The van der Waals surface area contributed by atoms with E-state index in [0.717, 1.165) is 31.2 Å². The van der Waals surface area contributed by atoms with Gasteiger partial charge in [0.1, 0.15) is 5.75 Å². The summed E-state index contributed by atoms with van der Waals surface area (Å²) >= 11 is 0. The number of carbonyl (C=O) groups is 3. The van der Waals surface area contributed by atoms with Crippen molar-refractivity contribution in [3.8, 4) is 5.75 Å². The van der Waals surface area contributed by atoms with E-state index in [9.17, 15) is 14.4 Å². The van der Waals surface area contributed by atoms with Gasteiger partial charge in [0.2, 0.25) is 0 Å². The molecule has 7 nitrogen and oxygen atoms in total. The fourth-order valence-electron chi connectivity index (χ4n) is 3.18. The van der Waals surface area contributed by atoms with Gasteiger partial charge in [-0.05, 0) is 32.8 Å². The summed E-state index contributed by atoms with van der Waals surface area (Å²) in [6, 6.07) is 5.05. The molecule has 148 valence electrons. The van der Waals surface area contributed by atoms with E-state index in [4.69, 9.17) is 9.47 Å². The number of amides is 3. The number of ether oxygens (including phenoxy) is 2. The molecule has 1 atom stereocenters. The molecule has 1 aromatic carbocycles. The summed E-state index contributed by atoms with van der Waals surface area (Å²) in [4.78, 5) is 36.2. The average Bonchev–Trinajstić information content (AvgIpc) is 2.62. The quantitative estimate of drug-likeness (QED) is 0.745. The molecule has 0 spiro atoms. The number of hydrogen-bond acceptors (Lipinski definition) is 5. The molecule has 0 unspecified atom stereocenters. The normalized spacial score (nSPS) is 15.5. The second kappa shape index (κ2) is 9.94. The molecule has 1 fully saturated rings. The standard InChI is InChI=1S/C20H28N2O5/c1-13-9-10-17(26-3)15(11-13)12-18(23)27-14(2)19(24)22-20(25)21-16-7-5-4-6-8-16/h9-11,14,16H,4-8,12H2,1-3H3,(H2,21,22,24,25)/t14-/m0/s1. The summed E-state index contributed by atoms with van der Waals surface area (Å²) in [5, 5.41) is 5.03. The van der Waals surface area contributed by atoms with Crippen LogP contribution < -0.4 is 15.4 Å². The molecule has 0 radical (unpaired) electrons. The van der Waals surface area contributed by atoms with Crippen molar-refractivity contribution in [1.82, 2.24) is 10.6 Å². The molecule has 1 aliphatic carbocycles. The molecule has 3 amide bonds. The van der Waals surface area contributed by atoms with Crippen LogP contribution in [-0.2, 0) is 20.7 Å². The van der Waals surface area contributed by atoms with Gasteiger partial charge in [-0.25, -0.2) is 4.79 Å². The maximum absolute atomic E-state index is 12.2. The highest BCUT2D eigenvalue weighted by molar-refractivity contribution is 5.97. The second-order valence-electron chi connectivity index (χ2n) is 6.92. The highest BCUT2D eigenvalue weighted by Crippen LogP contribution is 2.20. The van der Waals surface area contributed by atoms with E-state index in [1.807, 2.05) is 19.1 Å². The Morgan fingerprint density at radius 2 is 1.89 bits per heavy atom. The van der Waals surface area contributed by atoms with Gasteiger partial charge in [-0.1, -0.05) is 37.0 Å². The highest BCUT2D eigenvalue weighted by atomic mass is 16.5. The summed E-state index contributed by atoms with van der Waals surface area (Å²) in [5.74, 6) is -0.622. The van der Waals surface area contributed by atoms with Crippen LogP contribution in [0, 0.1) is 6.92 Å². The van der Waals surface area contributed by atoms with Gasteiger partial charge in [-0.2, -0.15) is 0 Å². The Kier molecular flexibility index (Phi) is 7.64. The molecular formula is C20H28N2O5. The molecule has 0 aliphatic heterocycles. The Balaban J connectivity index is 1.81. The van der Waals surface area contributed by atoms with E-state index in [2.05, 4.69) is 10.6 Å². The molecule has 7 heteroatoms. The lowest BCUT2D eigenvalue weighted by atomic mass is 9.96. The molecule has 1 saturated carbocycles. The Morgan fingerprint density at radius 3 is 2.56 bits per heavy atom. The van der Waals surface area contributed by atoms with E-state index in [0.29, 0.717) is 11.3 Å². The van der Waals surface area contributed by atoms with Crippen molar-refractivity contribution < 1.29 is 23.9 Å². The summed E-state index contributed by atoms with van der Waals surface area (Å²) in [6.07, 6.45) is 4.10. The monoisotopic (exact) mass is 376 g/mol. The summed E-state index contributed by atoms with van der Waals surface area (Å²) in [7, 11) is 1.53. The zero-order valence-corrected chi connectivity index (χ0v) is 16.2. The maximum Gasteiger partial charge on any atom is 0.321 e. The molecule has 0 saturated heterocycles. The van der Waals surface area contributed by atoms with Crippen LogP contribution in [0.5, 0.6) is 5.75 Å². The zero-order chi connectivity index (χ0) is 19.8. The van der Waals surface area contributed by atoms with Gasteiger partial charge in [0.15, 0.2) is 6.10 Å². The number of urea groups is 1. The fourth-order valence-corrected chi connectivity index (χ4v) is 3.18. The lowest BCUT2D eigenvalue weighted by Gasteiger charge is -2.23. The first-order chi connectivity index (χ1) is 12.9. The Morgan fingerprint density at radius 1 is 1.19 bits per heavy atom. The predicted molar refractivity (Wildman–Crippen MR) is 101 cm³/mol. The van der Waals surface area contributed by atoms with Gasteiger partial charge in [0.05, 0.1) is 13.5 Å². The molecule has 0 aromatic heterocycles. The lowest BCUT2D eigenvalue weighted by Crippen LogP contribution is -2.48. The second-order valence-corrected chi connectivity index (χ2v) is 6.92. The maximum atomic E-state index is 12.2. The van der Waals surface area contributed by atoms with Crippen LogP contribution in [0.2, 0.25) is 0 Å². The van der Waals surface area contributed by atoms with Gasteiger partial charge in [0.25, 0.3) is 5.91 Å². The first kappa shape index (κ1) is 20.7. The Labute approximate surface area is 159 Å². The number of esters is 1. The third kappa shape index (κ3) is 6.58. The van der Waals surface area contributed by atoms with E-state index >= 15 is 0 Å². The van der Waals surface area contributed by atoms with Crippen molar-refractivity contribution in [3.63, 3.8) is 0 Å². The number of benzene rings is 1. The van der Waals surface area contributed by atoms with E-state index in [1.165, 1.54) is 20.5 Å². The fraction of sp³-hybridized carbons (Fsp3) is 0.550.